The summed E-state index contributed by atoms with van der Waals surface area (Å²) in [5.41, 5.74) is 0.739. The van der Waals surface area contributed by atoms with Gasteiger partial charge >= 0.3 is 0 Å². The average Bonchev–Trinajstić information content (AvgIpc) is 3.07. The first-order valence-electron chi connectivity index (χ1n) is 6.60. The lowest BCUT2D eigenvalue weighted by atomic mass is 10.1. The van der Waals surface area contributed by atoms with Gasteiger partial charge in [-0.25, -0.2) is 23.5 Å². The summed E-state index contributed by atoms with van der Waals surface area (Å²) in [4.78, 5) is 23.0. The number of carbonyl (C=O) groups is 1. The second-order valence-electron chi connectivity index (χ2n) is 5.12. The van der Waals surface area contributed by atoms with Gasteiger partial charge in [0.05, 0.1) is 16.3 Å². The van der Waals surface area contributed by atoms with E-state index in [-0.39, 0.29) is 30.5 Å². The van der Waals surface area contributed by atoms with Gasteiger partial charge in [-0.15, -0.1) is 11.3 Å². The first kappa shape index (κ1) is 15.1. The number of carbonyl (C=O) groups excluding carboxylic acids is 1. The van der Waals surface area contributed by atoms with Gasteiger partial charge in [-0.2, -0.15) is 0 Å². The molecule has 7 nitrogen and oxygen atoms in total. The fourth-order valence-corrected chi connectivity index (χ4v) is 4.03. The number of primary sulfonamides is 1. The second-order valence-corrected chi connectivity index (χ2v) is 7.73. The smallest absolute Gasteiger partial charge is 0.232 e. The molecule has 0 spiro atoms. The maximum absolute atomic E-state index is 12.1. The molecule has 1 aliphatic heterocycles. The molecular formula is C13H14N4O3S2. The quantitative estimate of drug-likeness (QED) is 0.889. The van der Waals surface area contributed by atoms with E-state index in [1.807, 2.05) is 17.5 Å². The number of anilines is 1. The van der Waals surface area contributed by atoms with Crippen LogP contribution in [-0.4, -0.2) is 36.6 Å². The van der Waals surface area contributed by atoms with E-state index in [4.69, 9.17) is 5.14 Å². The monoisotopic (exact) mass is 338 g/mol. The molecule has 0 bridgehead atoms. The first-order valence-corrected chi connectivity index (χ1v) is 9.19. The van der Waals surface area contributed by atoms with E-state index in [2.05, 4.69) is 9.97 Å². The van der Waals surface area contributed by atoms with Crippen LogP contribution >= 0.6 is 11.3 Å². The number of aromatic nitrogens is 2. The van der Waals surface area contributed by atoms with Crippen molar-refractivity contribution in [2.45, 2.75) is 6.42 Å². The summed E-state index contributed by atoms with van der Waals surface area (Å²) in [6.45, 7) is 0.267. The summed E-state index contributed by atoms with van der Waals surface area (Å²) >= 11 is 1.55. The first-order chi connectivity index (χ1) is 10.4. The lowest BCUT2D eigenvalue weighted by Gasteiger charge is -2.14. The van der Waals surface area contributed by atoms with Gasteiger partial charge in [0.15, 0.2) is 0 Å². The third-order valence-corrected chi connectivity index (χ3v) is 5.16. The van der Waals surface area contributed by atoms with Gasteiger partial charge in [0.2, 0.25) is 21.9 Å². The van der Waals surface area contributed by atoms with E-state index >= 15 is 0 Å². The highest BCUT2D eigenvalue weighted by Crippen LogP contribution is 2.27. The third-order valence-electron chi connectivity index (χ3n) is 3.33. The number of hydrogen-bond acceptors (Lipinski definition) is 6. The minimum absolute atomic E-state index is 0.142. The van der Waals surface area contributed by atoms with Crippen LogP contribution in [0, 0.1) is 5.92 Å². The highest BCUT2D eigenvalue weighted by atomic mass is 32.2. The molecule has 2 aromatic heterocycles. The van der Waals surface area contributed by atoms with Crippen LogP contribution in [0.3, 0.4) is 0 Å². The predicted octanol–water partition coefficient (Wildman–Crippen LogP) is 0.847. The van der Waals surface area contributed by atoms with Crippen LogP contribution < -0.4 is 10.0 Å². The van der Waals surface area contributed by atoms with E-state index in [0.717, 1.165) is 10.6 Å². The molecule has 1 aliphatic rings. The van der Waals surface area contributed by atoms with Crippen LogP contribution in [0.4, 0.5) is 5.95 Å². The topological polar surface area (TPSA) is 106 Å². The number of rotatable bonds is 4. The number of amides is 1. The molecule has 3 rings (SSSR count). The van der Waals surface area contributed by atoms with Gasteiger partial charge in [-0.05, 0) is 17.5 Å². The minimum atomic E-state index is -3.60. The van der Waals surface area contributed by atoms with Gasteiger partial charge in [0.1, 0.15) is 0 Å². The molecule has 1 atom stereocenters. The lowest BCUT2D eigenvalue weighted by Crippen LogP contribution is -2.28. The molecule has 0 aliphatic carbocycles. The minimum Gasteiger partial charge on any atom is -0.280 e. The Balaban J connectivity index is 1.83. The molecule has 0 aromatic carbocycles. The number of nitrogens with two attached hydrogens (primary N) is 1. The second kappa shape index (κ2) is 5.75. The van der Waals surface area contributed by atoms with E-state index < -0.39 is 10.0 Å². The van der Waals surface area contributed by atoms with E-state index in [1.54, 1.807) is 23.6 Å². The summed E-state index contributed by atoms with van der Waals surface area (Å²) in [6.07, 6.45) is 1.74. The van der Waals surface area contributed by atoms with Crippen LogP contribution in [0.1, 0.15) is 6.42 Å². The van der Waals surface area contributed by atoms with Crippen molar-refractivity contribution in [3.63, 3.8) is 0 Å². The molecular weight excluding hydrogens is 324 g/mol. The molecule has 1 fully saturated rings. The molecule has 3 heterocycles. The third kappa shape index (κ3) is 3.32. The van der Waals surface area contributed by atoms with Gasteiger partial charge < -0.3 is 0 Å². The highest BCUT2D eigenvalue weighted by Gasteiger charge is 2.34. The van der Waals surface area contributed by atoms with Crippen molar-refractivity contribution >= 4 is 33.2 Å². The van der Waals surface area contributed by atoms with Crippen molar-refractivity contribution in [3.8, 4) is 10.6 Å². The largest absolute Gasteiger partial charge is 0.280 e. The molecule has 2 N–H and O–H groups in total. The Kier molecular flexibility index (Phi) is 3.94. The molecule has 2 aromatic rings. The van der Waals surface area contributed by atoms with Gasteiger partial charge in [-0.3, -0.25) is 9.69 Å². The van der Waals surface area contributed by atoms with Crippen LogP contribution in [0.5, 0.6) is 0 Å². The Bertz CT molecular complexity index is 789. The molecule has 0 saturated carbocycles. The van der Waals surface area contributed by atoms with E-state index in [0.29, 0.717) is 5.95 Å². The predicted molar refractivity (Wildman–Crippen MR) is 83.8 cm³/mol. The molecule has 0 radical (unpaired) electrons. The SMILES string of the molecule is NS(=O)(=O)CC1CC(=O)N(c2nccc(-c3cccs3)n2)C1. The van der Waals surface area contributed by atoms with Crippen LogP contribution in [0.15, 0.2) is 29.8 Å². The van der Waals surface area contributed by atoms with Crippen molar-refractivity contribution in [1.29, 1.82) is 0 Å². The zero-order chi connectivity index (χ0) is 15.7. The Morgan fingerprint density at radius 3 is 2.91 bits per heavy atom. The zero-order valence-corrected chi connectivity index (χ0v) is 13.2. The summed E-state index contributed by atoms with van der Waals surface area (Å²) < 4.78 is 22.3. The van der Waals surface area contributed by atoms with Crippen molar-refractivity contribution < 1.29 is 13.2 Å². The Morgan fingerprint density at radius 1 is 1.41 bits per heavy atom. The molecule has 1 saturated heterocycles. The van der Waals surface area contributed by atoms with Crippen LogP contribution in [0.2, 0.25) is 0 Å². The fourth-order valence-electron chi connectivity index (χ4n) is 2.46. The Labute approximate surface area is 131 Å². The average molecular weight is 338 g/mol. The molecule has 1 amide bonds. The standard InChI is InChI=1S/C13H14N4O3S2/c14-22(19,20)8-9-6-12(18)17(7-9)13-15-4-3-10(16-13)11-2-1-5-21-11/h1-5,9H,6-8H2,(H2,14,19,20). The molecule has 9 heteroatoms. The van der Waals surface area contributed by atoms with Crippen molar-refractivity contribution in [2.24, 2.45) is 11.1 Å². The van der Waals surface area contributed by atoms with E-state index in [1.165, 1.54) is 4.90 Å². The summed E-state index contributed by atoms with van der Waals surface area (Å²) in [5, 5.41) is 6.99. The van der Waals surface area contributed by atoms with Crippen molar-refractivity contribution in [1.82, 2.24) is 9.97 Å². The normalized spacial score (nSPS) is 18.9. The highest BCUT2D eigenvalue weighted by molar-refractivity contribution is 7.89. The maximum atomic E-state index is 12.1. The van der Waals surface area contributed by atoms with Crippen LogP contribution in [0.25, 0.3) is 10.6 Å². The Hall–Kier alpha value is -1.84. The number of sulfonamides is 1. The Morgan fingerprint density at radius 2 is 2.23 bits per heavy atom. The zero-order valence-electron chi connectivity index (χ0n) is 11.5. The molecule has 22 heavy (non-hydrogen) atoms. The van der Waals surface area contributed by atoms with Crippen molar-refractivity contribution in [3.05, 3.63) is 29.8 Å². The lowest BCUT2D eigenvalue weighted by molar-refractivity contribution is -0.117. The number of nitrogens with zero attached hydrogens (tertiary/aromatic N) is 3. The van der Waals surface area contributed by atoms with Crippen molar-refractivity contribution in [2.75, 3.05) is 17.2 Å². The fraction of sp³-hybridized carbons (Fsp3) is 0.308. The summed E-state index contributed by atoms with van der Waals surface area (Å²) in [6, 6.07) is 5.63. The van der Waals surface area contributed by atoms with Gasteiger partial charge in [-0.1, -0.05) is 6.07 Å². The molecule has 1 unspecified atom stereocenters. The summed E-state index contributed by atoms with van der Waals surface area (Å²) in [7, 11) is -3.60. The van der Waals surface area contributed by atoms with Gasteiger partial charge in [0.25, 0.3) is 0 Å². The molecule has 116 valence electrons. The number of hydrogen-bond donors (Lipinski definition) is 1. The maximum Gasteiger partial charge on any atom is 0.232 e. The number of thiophene rings is 1. The van der Waals surface area contributed by atoms with Crippen LogP contribution in [-0.2, 0) is 14.8 Å². The van der Waals surface area contributed by atoms with E-state index in [9.17, 15) is 13.2 Å². The summed E-state index contributed by atoms with van der Waals surface area (Å²) in [5.74, 6) is -0.416. The van der Waals surface area contributed by atoms with Gasteiger partial charge in [0, 0.05) is 25.1 Å².